The van der Waals surface area contributed by atoms with Crippen LogP contribution >= 0.6 is 0 Å². The van der Waals surface area contributed by atoms with Gasteiger partial charge in [-0.05, 0) is 12.8 Å². The molecule has 6 nitrogen and oxygen atoms in total. The van der Waals surface area contributed by atoms with Gasteiger partial charge < -0.3 is 9.51 Å². The van der Waals surface area contributed by atoms with Crippen molar-refractivity contribution in [2.45, 2.75) is 18.8 Å². The molecule has 1 saturated carbocycles. The highest BCUT2D eigenvalue weighted by atomic mass is 16.5. The molecule has 2 N–H and O–H groups in total. The molecule has 0 atom stereocenters. The van der Waals surface area contributed by atoms with Crippen LogP contribution in [0.2, 0.25) is 0 Å². The van der Waals surface area contributed by atoms with Crippen molar-refractivity contribution in [3.63, 3.8) is 0 Å². The molecular formula is C10H10N4O2. The summed E-state index contributed by atoms with van der Waals surface area (Å²) in [6.45, 7) is 0. The Balaban J connectivity index is 1.73. The van der Waals surface area contributed by atoms with Crippen LogP contribution in [0.25, 0.3) is 0 Å². The monoisotopic (exact) mass is 218 g/mol. The second kappa shape index (κ2) is 3.48. The van der Waals surface area contributed by atoms with E-state index in [0.717, 1.165) is 18.6 Å². The highest BCUT2D eigenvalue weighted by molar-refractivity contribution is 6.01. The highest BCUT2D eigenvalue weighted by Crippen LogP contribution is 2.40. The molecule has 0 unspecified atom stereocenters. The summed E-state index contributed by atoms with van der Waals surface area (Å²) in [5.74, 6) is 1.34. The number of H-pyrrole nitrogens is 1. The second-order valence-electron chi connectivity index (χ2n) is 3.78. The number of carbonyl (C=O) groups excluding carboxylic acids is 1. The van der Waals surface area contributed by atoms with Crippen LogP contribution in [0.5, 0.6) is 0 Å². The Kier molecular flexibility index (Phi) is 1.99. The fourth-order valence-corrected chi connectivity index (χ4v) is 1.46. The summed E-state index contributed by atoms with van der Waals surface area (Å²) >= 11 is 0. The average molecular weight is 218 g/mol. The molecule has 3 rings (SSSR count). The lowest BCUT2D eigenvalue weighted by atomic mass is 10.3. The Bertz CT molecular complexity index is 499. The van der Waals surface area contributed by atoms with E-state index in [9.17, 15) is 4.79 Å². The summed E-state index contributed by atoms with van der Waals surface area (Å²) < 4.78 is 5.09. The van der Waals surface area contributed by atoms with E-state index in [1.807, 2.05) is 0 Å². The summed E-state index contributed by atoms with van der Waals surface area (Å²) in [5.41, 5.74) is 0.290. The van der Waals surface area contributed by atoms with Gasteiger partial charge in [0.15, 0.2) is 5.69 Å². The van der Waals surface area contributed by atoms with Gasteiger partial charge in [-0.15, -0.1) is 0 Å². The number of carbonyl (C=O) groups is 1. The number of imidazole rings is 1. The third kappa shape index (κ3) is 1.69. The largest absolute Gasteiger partial charge is 0.360 e. The third-order valence-electron chi connectivity index (χ3n) is 2.47. The van der Waals surface area contributed by atoms with Gasteiger partial charge in [0.25, 0.3) is 5.91 Å². The van der Waals surface area contributed by atoms with Crippen molar-refractivity contribution in [2.24, 2.45) is 0 Å². The van der Waals surface area contributed by atoms with Gasteiger partial charge in [0.1, 0.15) is 5.76 Å². The van der Waals surface area contributed by atoms with E-state index in [0.29, 0.717) is 17.6 Å². The second-order valence-corrected chi connectivity index (χ2v) is 3.78. The van der Waals surface area contributed by atoms with Crippen LogP contribution in [-0.2, 0) is 0 Å². The maximum absolute atomic E-state index is 11.7. The smallest absolute Gasteiger partial charge is 0.280 e. The third-order valence-corrected chi connectivity index (χ3v) is 2.47. The van der Waals surface area contributed by atoms with Gasteiger partial charge in [-0.25, -0.2) is 4.98 Å². The molecule has 82 valence electrons. The number of amides is 1. The van der Waals surface area contributed by atoms with Crippen molar-refractivity contribution < 1.29 is 9.32 Å². The first-order valence-electron chi connectivity index (χ1n) is 5.10. The standard InChI is InChI=1S/C10H10N4O2/c15-9(13-10-11-3-4-12-10)7-5-8(16-14-7)6-1-2-6/h3-6H,1-2H2,(H2,11,12,13,15). The van der Waals surface area contributed by atoms with Crippen LogP contribution in [0.1, 0.15) is 35.0 Å². The minimum Gasteiger partial charge on any atom is -0.360 e. The summed E-state index contributed by atoms with van der Waals surface area (Å²) in [5, 5.41) is 6.31. The molecule has 0 saturated heterocycles. The van der Waals surface area contributed by atoms with Crippen LogP contribution in [0.4, 0.5) is 5.95 Å². The molecule has 0 bridgehead atoms. The number of hydrogen-bond donors (Lipinski definition) is 2. The number of rotatable bonds is 3. The van der Waals surface area contributed by atoms with Gasteiger partial charge in [0.2, 0.25) is 5.95 Å². The van der Waals surface area contributed by atoms with Gasteiger partial charge in [-0.3, -0.25) is 10.1 Å². The Morgan fingerprint density at radius 2 is 2.44 bits per heavy atom. The van der Waals surface area contributed by atoms with Gasteiger partial charge in [-0.2, -0.15) is 0 Å². The molecule has 0 aromatic carbocycles. The highest BCUT2D eigenvalue weighted by Gasteiger charge is 2.28. The zero-order valence-electron chi connectivity index (χ0n) is 8.43. The fraction of sp³-hybridized carbons (Fsp3) is 0.300. The average Bonchev–Trinajstić information content (AvgIpc) is 2.82. The molecule has 2 aromatic rings. The normalized spacial score (nSPS) is 15.0. The van der Waals surface area contributed by atoms with Gasteiger partial charge in [-0.1, -0.05) is 5.16 Å². The molecule has 1 aliphatic rings. The van der Waals surface area contributed by atoms with Crippen molar-refractivity contribution in [3.05, 3.63) is 29.9 Å². The Hall–Kier alpha value is -2.11. The number of nitrogens with zero attached hydrogens (tertiary/aromatic N) is 2. The van der Waals surface area contributed by atoms with E-state index < -0.39 is 0 Å². The molecule has 0 spiro atoms. The molecule has 2 heterocycles. The van der Waals surface area contributed by atoms with E-state index in [4.69, 9.17) is 4.52 Å². The lowest BCUT2D eigenvalue weighted by Crippen LogP contribution is -2.13. The zero-order chi connectivity index (χ0) is 11.0. The lowest BCUT2D eigenvalue weighted by Gasteiger charge is -1.95. The number of aromatic amines is 1. The molecule has 16 heavy (non-hydrogen) atoms. The van der Waals surface area contributed by atoms with Crippen molar-refractivity contribution in [2.75, 3.05) is 5.32 Å². The number of aromatic nitrogens is 3. The maximum Gasteiger partial charge on any atom is 0.280 e. The molecule has 0 aliphatic heterocycles. The number of hydrogen-bond acceptors (Lipinski definition) is 4. The Morgan fingerprint density at radius 3 is 3.12 bits per heavy atom. The van der Waals surface area contributed by atoms with E-state index in [1.54, 1.807) is 18.5 Å². The quantitative estimate of drug-likeness (QED) is 0.818. The van der Waals surface area contributed by atoms with Crippen LogP contribution in [-0.4, -0.2) is 21.0 Å². The van der Waals surface area contributed by atoms with E-state index >= 15 is 0 Å². The van der Waals surface area contributed by atoms with Crippen LogP contribution in [0.15, 0.2) is 23.0 Å². The first-order valence-corrected chi connectivity index (χ1v) is 5.10. The summed E-state index contributed by atoms with van der Waals surface area (Å²) in [7, 11) is 0. The minimum absolute atomic E-state index is 0.290. The SMILES string of the molecule is O=C(Nc1ncc[nH]1)c1cc(C2CC2)on1. The predicted molar refractivity (Wildman–Crippen MR) is 55.0 cm³/mol. The van der Waals surface area contributed by atoms with E-state index in [1.165, 1.54) is 0 Å². The van der Waals surface area contributed by atoms with Crippen molar-refractivity contribution >= 4 is 11.9 Å². The lowest BCUT2D eigenvalue weighted by molar-refractivity contribution is 0.101. The zero-order valence-corrected chi connectivity index (χ0v) is 8.43. The minimum atomic E-state index is -0.314. The molecule has 1 fully saturated rings. The predicted octanol–water partition coefficient (Wildman–Crippen LogP) is 1.53. The summed E-state index contributed by atoms with van der Waals surface area (Å²) in [4.78, 5) is 18.3. The first-order chi connectivity index (χ1) is 7.83. The summed E-state index contributed by atoms with van der Waals surface area (Å²) in [6.07, 6.45) is 5.44. The summed E-state index contributed by atoms with van der Waals surface area (Å²) in [6, 6.07) is 1.69. The maximum atomic E-state index is 11.7. The van der Waals surface area contributed by atoms with E-state index in [-0.39, 0.29) is 5.91 Å². The fourth-order valence-electron chi connectivity index (χ4n) is 1.46. The van der Waals surface area contributed by atoms with Gasteiger partial charge in [0, 0.05) is 24.4 Å². The first kappa shape index (κ1) is 9.14. The molecule has 0 radical (unpaired) electrons. The Labute approximate surface area is 91.0 Å². The van der Waals surface area contributed by atoms with Crippen LogP contribution < -0.4 is 5.32 Å². The van der Waals surface area contributed by atoms with Crippen LogP contribution in [0, 0.1) is 0 Å². The molecular weight excluding hydrogens is 208 g/mol. The molecule has 6 heteroatoms. The molecule has 1 amide bonds. The van der Waals surface area contributed by atoms with Crippen molar-refractivity contribution in [1.82, 2.24) is 15.1 Å². The van der Waals surface area contributed by atoms with Gasteiger partial charge in [0.05, 0.1) is 0 Å². The van der Waals surface area contributed by atoms with Gasteiger partial charge >= 0.3 is 0 Å². The van der Waals surface area contributed by atoms with Crippen LogP contribution in [0.3, 0.4) is 0 Å². The topological polar surface area (TPSA) is 83.8 Å². The number of anilines is 1. The van der Waals surface area contributed by atoms with Crippen molar-refractivity contribution in [3.8, 4) is 0 Å². The Morgan fingerprint density at radius 1 is 1.56 bits per heavy atom. The molecule has 2 aromatic heterocycles. The van der Waals surface area contributed by atoms with Crippen molar-refractivity contribution in [1.29, 1.82) is 0 Å². The molecule has 1 aliphatic carbocycles. The van der Waals surface area contributed by atoms with E-state index in [2.05, 4.69) is 20.4 Å². The number of nitrogens with one attached hydrogen (secondary N) is 2.